The number of rotatable bonds is 6. The van der Waals surface area contributed by atoms with Crippen LogP contribution in [0, 0.1) is 6.92 Å². The molecule has 0 atom stereocenters. The second kappa shape index (κ2) is 6.65. The smallest absolute Gasteiger partial charge is 0.0396 e. The fourth-order valence-electron chi connectivity index (χ4n) is 2.46. The fraction of sp³-hybridized carbons (Fsp3) is 0.600. The zero-order chi connectivity index (χ0) is 12.8. The van der Waals surface area contributed by atoms with Crippen molar-refractivity contribution in [1.82, 2.24) is 5.32 Å². The monoisotopic (exact) mass is 234 g/mol. The third-order valence-corrected chi connectivity index (χ3v) is 3.51. The molecule has 0 radical (unpaired) electrons. The summed E-state index contributed by atoms with van der Waals surface area (Å²) >= 11 is 0. The lowest BCUT2D eigenvalue weighted by Gasteiger charge is -2.30. The van der Waals surface area contributed by atoms with Gasteiger partial charge in [0.15, 0.2) is 0 Å². The van der Waals surface area contributed by atoms with Gasteiger partial charge in [-0.1, -0.05) is 26.0 Å². The van der Waals surface area contributed by atoms with Crippen molar-refractivity contribution in [2.24, 2.45) is 0 Å². The van der Waals surface area contributed by atoms with E-state index in [2.05, 4.69) is 56.2 Å². The SMILES string of the molecule is CCC(CC)N(C)c1ccc(CNC)cc1C. The van der Waals surface area contributed by atoms with Crippen LogP contribution in [-0.2, 0) is 6.54 Å². The Labute approximate surface area is 106 Å². The molecule has 2 heteroatoms. The van der Waals surface area contributed by atoms with Gasteiger partial charge in [0.25, 0.3) is 0 Å². The van der Waals surface area contributed by atoms with E-state index in [0.717, 1.165) is 6.54 Å². The van der Waals surface area contributed by atoms with E-state index in [4.69, 9.17) is 0 Å². The average Bonchev–Trinajstić information content (AvgIpc) is 2.31. The number of hydrogen-bond acceptors (Lipinski definition) is 2. The molecule has 0 saturated carbocycles. The lowest BCUT2D eigenvalue weighted by molar-refractivity contribution is 0.590. The van der Waals surface area contributed by atoms with Crippen molar-refractivity contribution < 1.29 is 0 Å². The predicted molar refractivity (Wildman–Crippen MR) is 76.7 cm³/mol. The van der Waals surface area contributed by atoms with E-state index in [-0.39, 0.29) is 0 Å². The molecule has 96 valence electrons. The molecule has 2 nitrogen and oxygen atoms in total. The Morgan fingerprint density at radius 2 is 1.88 bits per heavy atom. The Morgan fingerprint density at radius 3 is 2.35 bits per heavy atom. The summed E-state index contributed by atoms with van der Waals surface area (Å²) in [6, 6.07) is 7.40. The maximum absolute atomic E-state index is 3.19. The van der Waals surface area contributed by atoms with Gasteiger partial charge in [-0.15, -0.1) is 0 Å². The van der Waals surface area contributed by atoms with Gasteiger partial charge in [0.1, 0.15) is 0 Å². The Hall–Kier alpha value is -1.02. The quantitative estimate of drug-likeness (QED) is 0.812. The number of benzene rings is 1. The van der Waals surface area contributed by atoms with Crippen LogP contribution >= 0.6 is 0 Å². The molecule has 0 heterocycles. The maximum atomic E-state index is 3.19. The van der Waals surface area contributed by atoms with E-state index in [1.807, 2.05) is 7.05 Å². The minimum absolute atomic E-state index is 0.642. The fourth-order valence-corrected chi connectivity index (χ4v) is 2.46. The van der Waals surface area contributed by atoms with Crippen LogP contribution in [0.2, 0.25) is 0 Å². The zero-order valence-corrected chi connectivity index (χ0v) is 11.9. The first-order valence-electron chi connectivity index (χ1n) is 6.60. The Kier molecular flexibility index (Phi) is 5.49. The number of aryl methyl sites for hydroxylation is 1. The zero-order valence-electron chi connectivity index (χ0n) is 11.9. The molecular formula is C15H26N2. The maximum Gasteiger partial charge on any atom is 0.0396 e. The Morgan fingerprint density at radius 1 is 1.24 bits per heavy atom. The molecule has 0 aliphatic rings. The minimum Gasteiger partial charge on any atom is -0.371 e. The van der Waals surface area contributed by atoms with Gasteiger partial charge >= 0.3 is 0 Å². The molecule has 0 amide bonds. The van der Waals surface area contributed by atoms with E-state index in [1.54, 1.807) is 0 Å². The van der Waals surface area contributed by atoms with Crippen molar-refractivity contribution >= 4 is 5.69 Å². The summed E-state index contributed by atoms with van der Waals surface area (Å²) in [7, 11) is 4.19. The summed E-state index contributed by atoms with van der Waals surface area (Å²) in [5, 5.41) is 3.19. The van der Waals surface area contributed by atoms with Crippen LogP contribution < -0.4 is 10.2 Å². The van der Waals surface area contributed by atoms with Gasteiger partial charge in [-0.3, -0.25) is 0 Å². The van der Waals surface area contributed by atoms with Crippen molar-refractivity contribution in [3.8, 4) is 0 Å². The van der Waals surface area contributed by atoms with Crippen LogP contribution in [0.15, 0.2) is 18.2 Å². The van der Waals surface area contributed by atoms with Crippen LogP contribution in [0.25, 0.3) is 0 Å². The molecule has 1 rings (SSSR count). The highest BCUT2D eigenvalue weighted by atomic mass is 15.1. The Balaban J connectivity index is 2.90. The second-order valence-electron chi connectivity index (χ2n) is 4.73. The van der Waals surface area contributed by atoms with Gasteiger partial charge < -0.3 is 10.2 Å². The Bertz CT molecular complexity index is 343. The molecule has 0 aliphatic carbocycles. The van der Waals surface area contributed by atoms with Crippen molar-refractivity contribution in [2.45, 2.75) is 46.2 Å². The summed E-state index contributed by atoms with van der Waals surface area (Å²) < 4.78 is 0. The van der Waals surface area contributed by atoms with Crippen LogP contribution in [0.3, 0.4) is 0 Å². The standard InChI is InChI=1S/C15H26N2/c1-6-14(7-2)17(5)15-9-8-13(11-16-4)10-12(15)3/h8-10,14,16H,6-7,11H2,1-5H3. The molecule has 0 unspecified atom stereocenters. The molecule has 0 bridgehead atoms. The molecule has 17 heavy (non-hydrogen) atoms. The van der Waals surface area contributed by atoms with Gasteiger partial charge in [0.2, 0.25) is 0 Å². The first kappa shape index (κ1) is 14.0. The van der Waals surface area contributed by atoms with Gasteiger partial charge in [-0.25, -0.2) is 0 Å². The summed E-state index contributed by atoms with van der Waals surface area (Å²) in [5.41, 5.74) is 4.08. The second-order valence-corrected chi connectivity index (χ2v) is 4.73. The van der Waals surface area contributed by atoms with E-state index < -0.39 is 0 Å². The first-order chi connectivity index (χ1) is 8.13. The highest BCUT2D eigenvalue weighted by molar-refractivity contribution is 5.54. The average molecular weight is 234 g/mol. The van der Waals surface area contributed by atoms with Crippen molar-refractivity contribution in [3.63, 3.8) is 0 Å². The van der Waals surface area contributed by atoms with Crippen molar-refractivity contribution in [1.29, 1.82) is 0 Å². The van der Waals surface area contributed by atoms with Crippen LogP contribution in [-0.4, -0.2) is 20.1 Å². The largest absolute Gasteiger partial charge is 0.371 e. The lowest BCUT2D eigenvalue weighted by Crippen LogP contribution is -2.30. The predicted octanol–water partition coefficient (Wildman–Crippen LogP) is 3.34. The topological polar surface area (TPSA) is 15.3 Å². The van der Waals surface area contributed by atoms with Crippen molar-refractivity contribution in [3.05, 3.63) is 29.3 Å². The summed E-state index contributed by atoms with van der Waals surface area (Å²) in [4.78, 5) is 2.42. The first-order valence-corrected chi connectivity index (χ1v) is 6.60. The number of hydrogen-bond donors (Lipinski definition) is 1. The van der Waals surface area contributed by atoms with E-state index in [1.165, 1.54) is 29.7 Å². The van der Waals surface area contributed by atoms with E-state index in [9.17, 15) is 0 Å². The molecule has 0 spiro atoms. The van der Waals surface area contributed by atoms with Gasteiger partial charge in [0.05, 0.1) is 0 Å². The van der Waals surface area contributed by atoms with Gasteiger partial charge in [-0.05, 0) is 44.0 Å². The molecule has 0 aliphatic heterocycles. The molecule has 1 aromatic carbocycles. The third-order valence-electron chi connectivity index (χ3n) is 3.51. The van der Waals surface area contributed by atoms with E-state index >= 15 is 0 Å². The van der Waals surface area contributed by atoms with E-state index in [0.29, 0.717) is 6.04 Å². The van der Waals surface area contributed by atoms with Gasteiger partial charge in [-0.2, -0.15) is 0 Å². The summed E-state index contributed by atoms with van der Waals surface area (Å²) in [6.45, 7) is 7.66. The molecule has 0 fully saturated rings. The number of nitrogens with zero attached hydrogens (tertiary/aromatic N) is 1. The highest BCUT2D eigenvalue weighted by Crippen LogP contribution is 2.24. The van der Waals surface area contributed by atoms with Gasteiger partial charge in [0, 0.05) is 25.3 Å². The van der Waals surface area contributed by atoms with Crippen molar-refractivity contribution in [2.75, 3.05) is 19.0 Å². The normalized spacial score (nSPS) is 10.9. The number of nitrogens with one attached hydrogen (secondary N) is 1. The highest BCUT2D eigenvalue weighted by Gasteiger charge is 2.13. The van der Waals surface area contributed by atoms with Crippen LogP contribution in [0.1, 0.15) is 37.8 Å². The summed E-state index contributed by atoms with van der Waals surface area (Å²) in [6.07, 6.45) is 2.40. The van der Waals surface area contributed by atoms with Crippen LogP contribution in [0.4, 0.5) is 5.69 Å². The molecule has 1 aromatic rings. The lowest BCUT2D eigenvalue weighted by atomic mass is 10.1. The number of anilines is 1. The molecular weight excluding hydrogens is 208 g/mol. The third kappa shape index (κ3) is 3.47. The van der Waals surface area contributed by atoms with Crippen LogP contribution in [0.5, 0.6) is 0 Å². The summed E-state index contributed by atoms with van der Waals surface area (Å²) in [5.74, 6) is 0. The minimum atomic E-state index is 0.642. The molecule has 0 saturated heterocycles. The molecule has 1 N–H and O–H groups in total. The molecule has 0 aromatic heterocycles.